The Hall–Kier alpha value is -1.80. The molecule has 0 unspecified atom stereocenters. The zero-order chi connectivity index (χ0) is 13.3. The van der Waals surface area contributed by atoms with Gasteiger partial charge < -0.3 is 9.47 Å². The molecule has 3 rings (SSSR count). The first-order valence-corrected chi connectivity index (χ1v) is 6.68. The van der Waals surface area contributed by atoms with E-state index in [0.29, 0.717) is 0 Å². The zero-order valence-electron chi connectivity index (χ0n) is 11.2. The maximum Gasteiger partial charge on any atom is 0.131 e. The molecule has 0 bridgehead atoms. The number of hydrogen-bond donors (Lipinski definition) is 0. The highest BCUT2D eigenvalue weighted by molar-refractivity contribution is 5.89. The monoisotopic (exact) mass is 254 g/mol. The summed E-state index contributed by atoms with van der Waals surface area (Å²) in [5.74, 6) is 0.902. The van der Waals surface area contributed by atoms with Crippen molar-refractivity contribution in [2.75, 3.05) is 13.2 Å². The molecular formula is C17H18O2. The van der Waals surface area contributed by atoms with Gasteiger partial charge in [0.15, 0.2) is 0 Å². The van der Waals surface area contributed by atoms with E-state index in [9.17, 15) is 0 Å². The quantitative estimate of drug-likeness (QED) is 0.767. The van der Waals surface area contributed by atoms with Gasteiger partial charge in [-0.15, -0.1) is 0 Å². The number of fused-ring (bicyclic) bond motifs is 1. The Balaban J connectivity index is 2.28. The van der Waals surface area contributed by atoms with E-state index in [1.807, 2.05) is 6.07 Å². The molecule has 0 aromatic heterocycles. The maximum atomic E-state index is 5.64. The van der Waals surface area contributed by atoms with Crippen LogP contribution in [0.4, 0.5) is 0 Å². The molecule has 1 saturated heterocycles. The van der Waals surface area contributed by atoms with Crippen molar-refractivity contribution >= 4 is 10.8 Å². The van der Waals surface area contributed by atoms with Crippen LogP contribution in [0.2, 0.25) is 0 Å². The van der Waals surface area contributed by atoms with Crippen molar-refractivity contribution in [3.8, 4) is 5.75 Å². The molecule has 1 aliphatic rings. The van der Waals surface area contributed by atoms with Crippen LogP contribution in [0.3, 0.4) is 0 Å². The molecule has 2 nitrogen and oxygen atoms in total. The van der Waals surface area contributed by atoms with Crippen LogP contribution >= 0.6 is 0 Å². The molecule has 0 atom stereocenters. The SMILES string of the molecule is C=COc1ccc2ccccc2c1C1(CC)COC1. The van der Waals surface area contributed by atoms with Crippen LogP contribution in [-0.2, 0) is 10.2 Å². The molecule has 2 aromatic rings. The molecule has 1 heterocycles. The summed E-state index contributed by atoms with van der Waals surface area (Å²) in [6, 6.07) is 12.6. The van der Waals surface area contributed by atoms with Crippen LogP contribution in [0.15, 0.2) is 49.2 Å². The van der Waals surface area contributed by atoms with Crippen molar-refractivity contribution in [2.45, 2.75) is 18.8 Å². The molecule has 0 amide bonds. The van der Waals surface area contributed by atoms with E-state index in [1.54, 1.807) is 0 Å². The maximum absolute atomic E-state index is 5.64. The third kappa shape index (κ3) is 1.83. The highest BCUT2D eigenvalue weighted by Gasteiger charge is 2.41. The van der Waals surface area contributed by atoms with Crippen LogP contribution < -0.4 is 4.74 Å². The third-order valence-corrected chi connectivity index (χ3v) is 4.06. The van der Waals surface area contributed by atoms with Gasteiger partial charge in [-0.25, -0.2) is 0 Å². The van der Waals surface area contributed by atoms with E-state index in [1.165, 1.54) is 22.6 Å². The summed E-state index contributed by atoms with van der Waals surface area (Å²) in [6.45, 7) is 7.42. The predicted molar refractivity (Wildman–Crippen MR) is 77.6 cm³/mol. The number of ether oxygens (including phenoxy) is 2. The van der Waals surface area contributed by atoms with Gasteiger partial charge in [0.25, 0.3) is 0 Å². The standard InChI is InChI=1S/C17H18O2/c1-3-17(11-18-12-17)16-14-8-6-5-7-13(14)9-10-15(16)19-4-2/h4-10H,2-3,11-12H2,1H3. The van der Waals surface area contributed by atoms with Crippen molar-refractivity contribution in [3.05, 3.63) is 54.8 Å². The first-order chi connectivity index (χ1) is 9.30. The lowest BCUT2D eigenvalue weighted by Crippen LogP contribution is -2.46. The third-order valence-electron chi connectivity index (χ3n) is 4.06. The second-order valence-corrected chi connectivity index (χ2v) is 5.07. The summed E-state index contributed by atoms with van der Waals surface area (Å²) >= 11 is 0. The van der Waals surface area contributed by atoms with Crippen molar-refractivity contribution in [3.63, 3.8) is 0 Å². The minimum Gasteiger partial charge on any atom is -0.465 e. The Morgan fingerprint density at radius 1 is 1.26 bits per heavy atom. The summed E-state index contributed by atoms with van der Waals surface area (Å²) in [6.07, 6.45) is 2.55. The minimum absolute atomic E-state index is 0.0825. The van der Waals surface area contributed by atoms with Gasteiger partial charge in [-0.05, 0) is 23.3 Å². The van der Waals surface area contributed by atoms with Crippen molar-refractivity contribution in [2.24, 2.45) is 0 Å². The van der Waals surface area contributed by atoms with Crippen LogP contribution in [-0.4, -0.2) is 13.2 Å². The van der Waals surface area contributed by atoms with Gasteiger partial charge in [0.05, 0.1) is 19.5 Å². The van der Waals surface area contributed by atoms with Gasteiger partial charge in [0, 0.05) is 11.0 Å². The molecule has 98 valence electrons. The van der Waals surface area contributed by atoms with Gasteiger partial charge in [-0.2, -0.15) is 0 Å². The average molecular weight is 254 g/mol. The molecule has 2 aromatic carbocycles. The van der Waals surface area contributed by atoms with E-state index in [0.717, 1.165) is 25.4 Å². The van der Waals surface area contributed by atoms with Crippen LogP contribution in [0.1, 0.15) is 18.9 Å². The molecule has 0 saturated carbocycles. The second kappa shape index (κ2) is 4.71. The Morgan fingerprint density at radius 3 is 2.68 bits per heavy atom. The summed E-state index contributed by atoms with van der Waals surface area (Å²) in [7, 11) is 0. The largest absolute Gasteiger partial charge is 0.465 e. The Bertz CT molecular complexity index is 606. The Labute approximate surface area is 113 Å². The van der Waals surface area contributed by atoms with Gasteiger partial charge in [0.1, 0.15) is 5.75 Å². The van der Waals surface area contributed by atoms with E-state index in [2.05, 4.69) is 43.8 Å². The fraction of sp³-hybridized carbons (Fsp3) is 0.294. The highest BCUT2D eigenvalue weighted by atomic mass is 16.5. The number of hydrogen-bond acceptors (Lipinski definition) is 2. The van der Waals surface area contributed by atoms with Crippen LogP contribution in [0.5, 0.6) is 5.75 Å². The smallest absolute Gasteiger partial charge is 0.131 e. The van der Waals surface area contributed by atoms with E-state index < -0.39 is 0 Å². The number of rotatable bonds is 4. The molecule has 0 N–H and O–H groups in total. The Kier molecular flexibility index (Phi) is 3.03. The summed E-state index contributed by atoms with van der Waals surface area (Å²) in [4.78, 5) is 0. The van der Waals surface area contributed by atoms with Gasteiger partial charge >= 0.3 is 0 Å². The molecule has 0 spiro atoms. The van der Waals surface area contributed by atoms with Crippen molar-refractivity contribution in [1.29, 1.82) is 0 Å². The fourth-order valence-electron chi connectivity index (χ4n) is 2.86. The second-order valence-electron chi connectivity index (χ2n) is 5.07. The highest BCUT2D eigenvalue weighted by Crippen LogP contribution is 2.44. The lowest BCUT2D eigenvalue weighted by atomic mass is 9.74. The molecule has 0 radical (unpaired) electrons. The number of benzene rings is 2. The molecule has 19 heavy (non-hydrogen) atoms. The van der Waals surface area contributed by atoms with Gasteiger partial charge in [0.2, 0.25) is 0 Å². The topological polar surface area (TPSA) is 18.5 Å². The summed E-state index contributed by atoms with van der Waals surface area (Å²) in [5.41, 5.74) is 1.35. The average Bonchev–Trinajstić information content (AvgIpc) is 2.40. The zero-order valence-corrected chi connectivity index (χ0v) is 11.2. The van der Waals surface area contributed by atoms with Gasteiger partial charge in [-0.1, -0.05) is 43.8 Å². The summed E-state index contributed by atoms with van der Waals surface area (Å²) < 4.78 is 11.1. The molecule has 1 aliphatic heterocycles. The molecule has 1 fully saturated rings. The van der Waals surface area contributed by atoms with E-state index in [-0.39, 0.29) is 5.41 Å². The fourth-order valence-corrected chi connectivity index (χ4v) is 2.86. The van der Waals surface area contributed by atoms with E-state index in [4.69, 9.17) is 9.47 Å². The lowest BCUT2D eigenvalue weighted by molar-refractivity contribution is -0.0620. The lowest BCUT2D eigenvalue weighted by Gasteiger charge is -2.42. The van der Waals surface area contributed by atoms with Crippen molar-refractivity contribution < 1.29 is 9.47 Å². The van der Waals surface area contributed by atoms with Gasteiger partial charge in [-0.3, -0.25) is 0 Å². The minimum atomic E-state index is 0.0825. The molecular weight excluding hydrogens is 236 g/mol. The molecule has 0 aliphatic carbocycles. The van der Waals surface area contributed by atoms with Crippen LogP contribution in [0, 0.1) is 0 Å². The normalized spacial score (nSPS) is 16.9. The predicted octanol–water partition coefficient (Wildman–Crippen LogP) is 4.04. The van der Waals surface area contributed by atoms with E-state index >= 15 is 0 Å². The first-order valence-electron chi connectivity index (χ1n) is 6.68. The first kappa shape index (κ1) is 12.2. The van der Waals surface area contributed by atoms with Crippen molar-refractivity contribution in [1.82, 2.24) is 0 Å². The molecule has 2 heteroatoms. The summed E-state index contributed by atoms with van der Waals surface area (Å²) in [5, 5.41) is 2.50. The Morgan fingerprint density at radius 2 is 2.05 bits per heavy atom. The van der Waals surface area contributed by atoms with Crippen LogP contribution in [0.25, 0.3) is 10.8 Å².